The molecule has 0 radical (unpaired) electrons. The van der Waals surface area contributed by atoms with Crippen LogP contribution in [0, 0.1) is 5.92 Å². The van der Waals surface area contributed by atoms with E-state index >= 15 is 0 Å². The summed E-state index contributed by atoms with van der Waals surface area (Å²) in [6.07, 6.45) is 2.90. The van der Waals surface area contributed by atoms with Crippen LogP contribution >= 0.6 is 11.6 Å². The van der Waals surface area contributed by atoms with Crippen LogP contribution < -0.4 is 5.73 Å². The first-order valence-electron chi connectivity index (χ1n) is 15.3. The molecular formula is C35H45ClN4O. The van der Waals surface area contributed by atoms with Gasteiger partial charge in [0.05, 0.1) is 6.04 Å². The van der Waals surface area contributed by atoms with E-state index in [9.17, 15) is 4.79 Å². The van der Waals surface area contributed by atoms with Gasteiger partial charge >= 0.3 is 0 Å². The molecule has 41 heavy (non-hydrogen) atoms. The first-order valence-corrected chi connectivity index (χ1v) is 15.7. The topological polar surface area (TPSA) is 52.8 Å². The summed E-state index contributed by atoms with van der Waals surface area (Å²) >= 11 is 6.37. The minimum atomic E-state index is -0.400. The van der Waals surface area contributed by atoms with E-state index in [0.29, 0.717) is 5.92 Å². The van der Waals surface area contributed by atoms with Crippen LogP contribution in [0.2, 0.25) is 5.02 Å². The van der Waals surface area contributed by atoms with Crippen molar-refractivity contribution in [2.75, 3.05) is 45.8 Å². The number of benzene rings is 3. The molecule has 0 aromatic heterocycles. The number of carbonyl (C=O) groups excluding carboxylic acids is 1. The van der Waals surface area contributed by atoms with E-state index in [1.165, 1.54) is 27.8 Å². The predicted molar refractivity (Wildman–Crippen MR) is 170 cm³/mol. The predicted octanol–water partition coefficient (Wildman–Crippen LogP) is 6.06. The molecular weight excluding hydrogens is 528 g/mol. The van der Waals surface area contributed by atoms with Crippen molar-refractivity contribution >= 4 is 17.5 Å². The van der Waals surface area contributed by atoms with E-state index in [0.717, 1.165) is 76.6 Å². The number of rotatable bonds is 9. The van der Waals surface area contributed by atoms with Crippen LogP contribution in [0.3, 0.4) is 0 Å². The quantitative estimate of drug-likeness (QED) is 0.339. The van der Waals surface area contributed by atoms with Gasteiger partial charge in [0.2, 0.25) is 5.91 Å². The average Bonchev–Trinajstić information content (AvgIpc) is 3.00. The van der Waals surface area contributed by atoms with Crippen LogP contribution in [-0.2, 0) is 17.8 Å². The fourth-order valence-corrected chi connectivity index (χ4v) is 6.70. The normalized spacial score (nSPS) is 18.1. The zero-order chi connectivity index (χ0) is 28.8. The van der Waals surface area contributed by atoms with Gasteiger partial charge in [-0.05, 0) is 84.1 Å². The van der Waals surface area contributed by atoms with Gasteiger partial charge < -0.3 is 15.5 Å². The third-order valence-electron chi connectivity index (χ3n) is 9.03. The molecule has 1 amide bonds. The number of nitrogens with zero attached hydrogens (tertiary/aromatic N) is 3. The van der Waals surface area contributed by atoms with Crippen LogP contribution in [0.25, 0.3) is 11.1 Å². The minimum Gasteiger partial charge on any atom is -0.339 e. The number of carbonyl (C=O) groups is 1. The first kappa shape index (κ1) is 29.8. The molecule has 3 aromatic carbocycles. The molecule has 2 heterocycles. The van der Waals surface area contributed by atoms with Crippen molar-refractivity contribution in [1.29, 1.82) is 0 Å². The Balaban J connectivity index is 1.08. The maximum absolute atomic E-state index is 13.4. The second-order valence-corrected chi connectivity index (χ2v) is 12.5. The van der Waals surface area contributed by atoms with Crippen molar-refractivity contribution in [3.8, 4) is 11.1 Å². The zero-order valence-corrected chi connectivity index (χ0v) is 25.4. The number of halogens is 1. The van der Waals surface area contributed by atoms with Crippen molar-refractivity contribution in [2.24, 2.45) is 11.7 Å². The molecule has 0 aliphatic carbocycles. The summed E-state index contributed by atoms with van der Waals surface area (Å²) in [7, 11) is 0. The number of likely N-dealkylation sites (tertiary alicyclic amines) is 1. The lowest BCUT2D eigenvalue weighted by atomic mass is 9.88. The second kappa shape index (κ2) is 14.0. The Morgan fingerprint density at radius 1 is 0.854 bits per heavy atom. The lowest BCUT2D eigenvalue weighted by Crippen LogP contribution is -2.55. The molecule has 0 spiro atoms. The summed E-state index contributed by atoms with van der Waals surface area (Å²) in [5, 5.41) is 0.782. The Labute approximate surface area is 251 Å². The van der Waals surface area contributed by atoms with Crippen LogP contribution in [0.5, 0.6) is 0 Å². The highest BCUT2D eigenvalue weighted by molar-refractivity contribution is 6.30. The molecule has 2 aliphatic rings. The van der Waals surface area contributed by atoms with E-state index < -0.39 is 6.04 Å². The average molecular weight is 573 g/mol. The SMILES string of the molecule is CC(C)c1ccccc1CN1CCN(C(=O)[C@H](N)C2CCN(CCc3cc(Cl)ccc3-c3ccccc3)CC2)CC1. The van der Waals surface area contributed by atoms with Gasteiger partial charge in [0.25, 0.3) is 0 Å². The number of piperidine rings is 1. The molecule has 218 valence electrons. The highest BCUT2D eigenvalue weighted by Gasteiger charge is 2.32. The van der Waals surface area contributed by atoms with Gasteiger partial charge in [-0.1, -0.05) is 86.1 Å². The summed E-state index contributed by atoms with van der Waals surface area (Å²) in [6.45, 7) is 11.7. The number of amides is 1. The smallest absolute Gasteiger partial charge is 0.239 e. The summed E-state index contributed by atoms with van der Waals surface area (Å²) < 4.78 is 0. The van der Waals surface area contributed by atoms with Crippen LogP contribution in [-0.4, -0.2) is 72.5 Å². The highest BCUT2D eigenvalue weighted by Crippen LogP contribution is 2.28. The molecule has 2 saturated heterocycles. The lowest BCUT2D eigenvalue weighted by molar-refractivity contribution is -0.136. The molecule has 2 N–H and O–H groups in total. The van der Waals surface area contributed by atoms with Crippen LogP contribution in [0.15, 0.2) is 72.8 Å². The van der Waals surface area contributed by atoms with Crippen molar-refractivity contribution in [1.82, 2.24) is 14.7 Å². The fraction of sp³-hybridized carbons (Fsp3) is 0.457. The monoisotopic (exact) mass is 572 g/mol. The second-order valence-electron chi connectivity index (χ2n) is 12.1. The fourth-order valence-electron chi connectivity index (χ4n) is 6.50. The summed E-state index contributed by atoms with van der Waals surface area (Å²) in [5.74, 6) is 0.903. The Kier molecular flexibility index (Phi) is 10.2. The third kappa shape index (κ3) is 7.58. The molecule has 2 fully saturated rings. The van der Waals surface area contributed by atoms with Gasteiger partial charge in [0.1, 0.15) is 0 Å². The van der Waals surface area contributed by atoms with Crippen molar-refractivity contribution in [3.63, 3.8) is 0 Å². The third-order valence-corrected chi connectivity index (χ3v) is 9.26. The molecule has 5 nitrogen and oxygen atoms in total. The molecule has 2 aliphatic heterocycles. The molecule has 5 rings (SSSR count). The largest absolute Gasteiger partial charge is 0.339 e. The van der Waals surface area contributed by atoms with E-state index in [4.69, 9.17) is 17.3 Å². The number of hydrogen-bond acceptors (Lipinski definition) is 4. The molecule has 6 heteroatoms. The number of nitrogens with two attached hydrogens (primary N) is 1. The zero-order valence-electron chi connectivity index (χ0n) is 24.6. The van der Waals surface area contributed by atoms with E-state index in [1.54, 1.807) is 0 Å². The van der Waals surface area contributed by atoms with Gasteiger partial charge in [0.15, 0.2) is 0 Å². The van der Waals surface area contributed by atoms with Crippen LogP contribution in [0.4, 0.5) is 0 Å². The summed E-state index contributed by atoms with van der Waals surface area (Å²) in [6, 6.07) is 25.1. The Morgan fingerprint density at radius 3 is 2.24 bits per heavy atom. The molecule has 0 bridgehead atoms. The van der Waals surface area contributed by atoms with Gasteiger partial charge in [-0.2, -0.15) is 0 Å². The number of hydrogen-bond donors (Lipinski definition) is 1. The Bertz CT molecular complexity index is 1280. The number of piperazine rings is 1. The molecule has 0 saturated carbocycles. The standard InChI is InChI=1S/C35H45ClN4O/c1-26(2)32-11-7-6-10-30(32)25-39-20-22-40(23-21-39)35(41)34(37)28-14-17-38(18-15-28)19-16-29-24-31(36)12-13-33(29)27-8-4-3-5-9-27/h3-13,24,26,28,34H,14-23,25,37H2,1-2H3/t34-/m1/s1. The summed E-state index contributed by atoms with van der Waals surface area (Å²) in [5.41, 5.74) is 13.2. The highest BCUT2D eigenvalue weighted by atomic mass is 35.5. The van der Waals surface area contributed by atoms with E-state index in [2.05, 4.69) is 84.3 Å². The van der Waals surface area contributed by atoms with E-state index in [1.807, 2.05) is 17.0 Å². The van der Waals surface area contributed by atoms with Crippen molar-refractivity contribution in [2.45, 2.75) is 51.6 Å². The van der Waals surface area contributed by atoms with Crippen molar-refractivity contribution in [3.05, 3.63) is 94.5 Å². The Hall–Kier alpha value is -2.70. The van der Waals surface area contributed by atoms with Gasteiger partial charge in [-0.25, -0.2) is 0 Å². The first-order chi connectivity index (χ1) is 19.9. The van der Waals surface area contributed by atoms with Crippen molar-refractivity contribution < 1.29 is 4.79 Å². The lowest BCUT2D eigenvalue weighted by Gasteiger charge is -2.39. The van der Waals surface area contributed by atoms with Gasteiger partial charge in [-0.15, -0.1) is 0 Å². The maximum atomic E-state index is 13.4. The van der Waals surface area contributed by atoms with Gasteiger partial charge in [0, 0.05) is 44.3 Å². The molecule has 1 atom stereocenters. The Morgan fingerprint density at radius 2 is 1.54 bits per heavy atom. The summed E-state index contributed by atoms with van der Waals surface area (Å²) in [4.78, 5) is 20.3. The molecule has 3 aromatic rings. The van der Waals surface area contributed by atoms with Crippen LogP contribution in [0.1, 0.15) is 49.3 Å². The van der Waals surface area contributed by atoms with Gasteiger partial charge in [-0.3, -0.25) is 9.69 Å². The maximum Gasteiger partial charge on any atom is 0.239 e. The van der Waals surface area contributed by atoms with E-state index in [-0.39, 0.29) is 11.8 Å². The minimum absolute atomic E-state index is 0.136. The molecule has 0 unspecified atom stereocenters.